The van der Waals surface area contributed by atoms with Crippen molar-refractivity contribution in [2.45, 2.75) is 40.3 Å². The molecule has 0 saturated carbocycles. The van der Waals surface area contributed by atoms with E-state index in [1.54, 1.807) is 29.2 Å². The Kier molecular flexibility index (Phi) is 8.78. The molecule has 6 nitrogen and oxygen atoms in total. The van der Waals surface area contributed by atoms with Gasteiger partial charge in [0.25, 0.3) is 5.91 Å². The van der Waals surface area contributed by atoms with Crippen LogP contribution in [0.1, 0.15) is 33.4 Å². The zero-order valence-electron chi connectivity index (χ0n) is 18.5. The van der Waals surface area contributed by atoms with E-state index in [4.69, 9.17) is 16.3 Å². The molecule has 164 valence electrons. The van der Waals surface area contributed by atoms with Gasteiger partial charge < -0.3 is 19.1 Å². The second-order valence-electron chi connectivity index (χ2n) is 8.14. The predicted molar refractivity (Wildman–Crippen MR) is 119 cm³/mol. The predicted octanol–water partition coefficient (Wildman–Crippen LogP) is 3.98. The van der Waals surface area contributed by atoms with Gasteiger partial charge in [0.1, 0.15) is 12.3 Å². The first kappa shape index (κ1) is 23.8. The molecule has 0 bridgehead atoms. The Hall–Kier alpha value is -2.47. The molecule has 1 aromatic carbocycles. The van der Waals surface area contributed by atoms with Crippen LogP contribution in [0.15, 0.2) is 42.6 Å². The van der Waals surface area contributed by atoms with Gasteiger partial charge in [0.15, 0.2) is 6.61 Å². The highest BCUT2D eigenvalue weighted by Crippen LogP contribution is 2.16. The van der Waals surface area contributed by atoms with Crippen LogP contribution in [0.2, 0.25) is 5.02 Å². The summed E-state index contributed by atoms with van der Waals surface area (Å²) in [4.78, 5) is 29.3. The minimum absolute atomic E-state index is 0.0254. The summed E-state index contributed by atoms with van der Waals surface area (Å²) >= 11 is 5.88. The fraction of sp³-hybridized carbons (Fsp3) is 0.478. The highest BCUT2D eigenvalue weighted by Gasteiger charge is 2.24. The van der Waals surface area contributed by atoms with Crippen LogP contribution in [-0.4, -0.2) is 51.9 Å². The fourth-order valence-electron chi connectivity index (χ4n) is 3.11. The third-order valence-electron chi connectivity index (χ3n) is 4.77. The van der Waals surface area contributed by atoms with E-state index in [0.29, 0.717) is 29.8 Å². The molecule has 0 aliphatic rings. The number of amides is 2. The SMILES string of the molecule is CC(C)CN(Cc1cccn1C)C(=O)CN(C(=O)COc1ccc(Cl)cc1)C(C)C. The number of hydrogen-bond donors (Lipinski definition) is 0. The summed E-state index contributed by atoms with van der Waals surface area (Å²) < 4.78 is 7.59. The zero-order valence-corrected chi connectivity index (χ0v) is 19.2. The van der Waals surface area contributed by atoms with Gasteiger partial charge in [0, 0.05) is 36.5 Å². The van der Waals surface area contributed by atoms with Crippen molar-refractivity contribution in [3.8, 4) is 5.75 Å². The van der Waals surface area contributed by atoms with Crippen LogP contribution in [0, 0.1) is 5.92 Å². The largest absolute Gasteiger partial charge is 0.484 e. The number of aryl methyl sites for hydroxylation is 1. The van der Waals surface area contributed by atoms with Crippen LogP contribution in [0.5, 0.6) is 5.75 Å². The van der Waals surface area contributed by atoms with E-state index in [1.807, 2.05) is 48.7 Å². The summed E-state index contributed by atoms with van der Waals surface area (Å²) in [6, 6.07) is 10.7. The molecule has 2 rings (SSSR count). The smallest absolute Gasteiger partial charge is 0.261 e. The lowest BCUT2D eigenvalue weighted by atomic mass is 10.2. The van der Waals surface area contributed by atoms with Crippen molar-refractivity contribution >= 4 is 23.4 Å². The molecule has 0 atom stereocenters. The van der Waals surface area contributed by atoms with Gasteiger partial charge in [0.2, 0.25) is 5.91 Å². The minimum Gasteiger partial charge on any atom is -0.484 e. The average molecular weight is 434 g/mol. The lowest BCUT2D eigenvalue weighted by Gasteiger charge is -2.31. The number of carbonyl (C=O) groups is 2. The second kappa shape index (κ2) is 11.1. The summed E-state index contributed by atoms with van der Waals surface area (Å²) in [5, 5.41) is 0.603. The van der Waals surface area contributed by atoms with E-state index in [-0.39, 0.29) is 31.0 Å². The van der Waals surface area contributed by atoms with Crippen molar-refractivity contribution in [1.29, 1.82) is 0 Å². The Balaban J connectivity index is 2.04. The average Bonchev–Trinajstić information content (AvgIpc) is 3.08. The molecule has 7 heteroatoms. The van der Waals surface area contributed by atoms with Crippen molar-refractivity contribution in [1.82, 2.24) is 14.4 Å². The molecule has 2 aromatic rings. The summed E-state index contributed by atoms with van der Waals surface area (Å²) in [7, 11) is 1.96. The van der Waals surface area contributed by atoms with Crippen LogP contribution in [0.4, 0.5) is 0 Å². The summed E-state index contributed by atoms with van der Waals surface area (Å²) in [6.45, 7) is 9.00. The Morgan fingerprint density at radius 2 is 1.73 bits per heavy atom. The van der Waals surface area contributed by atoms with Gasteiger partial charge >= 0.3 is 0 Å². The maximum Gasteiger partial charge on any atom is 0.261 e. The molecule has 30 heavy (non-hydrogen) atoms. The highest BCUT2D eigenvalue weighted by molar-refractivity contribution is 6.30. The molecule has 0 fully saturated rings. The lowest BCUT2D eigenvalue weighted by molar-refractivity contribution is -0.143. The first-order valence-corrected chi connectivity index (χ1v) is 10.6. The number of rotatable bonds is 10. The van der Waals surface area contributed by atoms with Crippen LogP contribution in [0.25, 0.3) is 0 Å². The standard InChI is InChI=1S/C23H32ClN3O3/c1-17(2)13-26(14-20-7-6-12-25(20)5)22(28)15-27(18(3)4)23(29)16-30-21-10-8-19(24)9-11-21/h6-12,17-18H,13-16H2,1-5H3. The van der Waals surface area contributed by atoms with Gasteiger partial charge in [0.05, 0.1) is 6.54 Å². The van der Waals surface area contributed by atoms with Gasteiger partial charge in [-0.1, -0.05) is 25.4 Å². The van der Waals surface area contributed by atoms with Crippen LogP contribution in [-0.2, 0) is 23.2 Å². The van der Waals surface area contributed by atoms with Crippen molar-refractivity contribution < 1.29 is 14.3 Å². The summed E-state index contributed by atoms with van der Waals surface area (Å²) in [6.07, 6.45) is 1.96. The molecule has 1 aromatic heterocycles. The minimum atomic E-state index is -0.225. The van der Waals surface area contributed by atoms with Crippen LogP contribution >= 0.6 is 11.6 Å². The Bertz CT molecular complexity index is 830. The van der Waals surface area contributed by atoms with E-state index >= 15 is 0 Å². The van der Waals surface area contributed by atoms with Gasteiger partial charge in [-0.3, -0.25) is 9.59 Å². The van der Waals surface area contributed by atoms with Crippen LogP contribution < -0.4 is 4.74 Å². The lowest BCUT2D eigenvalue weighted by Crippen LogP contribution is -2.48. The van der Waals surface area contributed by atoms with Crippen LogP contribution in [0.3, 0.4) is 0 Å². The summed E-state index contributed by atoms with van der Waals surface area (Å²) in [5.74, 6) is 0.591. The normalized spacial score (nSPS) is 11.1. The van der Waals surface area contributed by atoms with E-state index in [1.165, 1.54) is 0 Å². The van der Waals surface area contributed by atoms with Gasteiger partial charge in [-0.2, -0.15) is 0 Å². The van der Waals surface area contributed by atoms with E-state index in [9.17, 15) is 9.59 Å². The molecular formula is C23H32ClN3O3. The number of aromatic nitrogens is 1. The maximum atomic E-state index is 13.1. The van der Waals surface area contributed by atoms with Gasteiger partial charge in [-0.05, 0) is 56.2 Å². The van der Waals surface area contributed by atoms with E-state index in [2.05, 4.69) is 13.8 Å². The van der Waals surface area contributed by atoms with Crippen molar-refractivity contribution in [2.24, 2.45) is 13.0 Å². The molecule has 0 aliphatic carbocycles. The first-order chi connectivity index (χ1) is 14.2. The number of ether oxygens (including phenoxy) is 1. The number of hydrogen-bond acceptors (Lipinski definition) is 3. The highest BCUT2D eigenvalue weighted by atomic mass is 35.5. The monoisotopic (exact) mass is 433 g/mol. The molecule has 0 aliphatic heterocycles. The van der Waals surface area contributed by atoms with Gasteiger partial charge in [-0.15, -0.1) is 0 Å². The quantitative estimate of drug-likeness (QED) is 0.569. The Morgan fingerprint density at radius 1 is 1.07 bits per heavy atom. The van der Waals surface area contributed by atoms with Crippen molar-refractivity contribution in [2.75, 3.05) is 19.7 Å². The molecule has 0 radical (unpaired) electrons. The third kappa shape index (κ3) is 7.10. The number of benzene rings is 1. The maximum absolute atomic E-state index is 13.1. The molecule has 1 heterocycles. The molecule has 0 unspecified atom stereocenters. The first-order valence-electron chi connectivity index (χ1n) is 10.2. The zero-order chi connectivity index (χ0) is 22.3. The number of halogens is 1. The fourth-order valence-corrected chi connectivity index (χ4v) is 3.24. The molecule has 2 amide bonds. The second-order valence-corrected chi connectivity index (χ2v) is 8.57. The Labute approximate surface area is 184 Å². The Morgan fingerprint density at radius 3 is 2.27 bits per heavy atom. The molecule has 0 spiro atoms. The van der Waals surface area contributed by atoms with Crippen molar-refractivity contribution in [3.05, 3.63) is 53.3 Å². The topological polar surface area (TPSA) is 54.8 Å². The van der Waals surface area contributed by atoms with E-state index in [0.717, 1.165) is 5.69 Å². The van der Waals surface area contributed by atoms with Crippen molar-refractivity contribution in [3.63, 3.8) is 0 Å². The third-order valence-corrected chi connectivity index (χ3v) is 5.02. The number of carbonyl (C=O) groups excluding carboxylic acids is 2. The number of nitrogens with zero attached hydrogens (tertiary/aromatic N) is 3. The summed E-state index contributed by atoms with van der Waals surface area (Å²) in [5.41, 5.74) is 1.05. The van der Waals surface area contributed by atoms with E-state index < -0.39 is 0 Å². The molecule has 0 saturated heterocycles. The van der Waals surface area contributed by atoms with Gasteiger partial charge in [-0.25, -0.2) is 0 Å². The molecular weight excluding hydrogens is 402 g/mol. The molecule has 0 N–H and O–H groups in total.